The molecule has 0 radical (unpaired) electrons. The van der Waals surface area contributed by atoms with Gasteiger partial charge in [-0.3, -0.25) is 4.68 Å². The summed E-state index contributed by atoms with van der Waals surface area (Å²) in [5.74, 6) is 0.592. The molecular formula is C17H22N6O. The number of rotatable bonds is 6. The second-order valence-electron chi connectivity index (χ2n) is 6.18. The summed E-state index contributed by atoms with van der Waals surface area (Å²) in [6.07, 6.45) is 5.46. The van der Waals surface area contributed by atoms with Crippen molar-refractivity contribution in [3.8, 4) is 0 Å². The number of anilines is 1. The quantitative estimate of drug-likeness (QED) is 0.731. The first-order valence-corrected chi connectivity index (χ1v) is 8.09. The molecule has 2 aromatic heterocycles. The van der Waals surface area contributed by atoms with Gasteiger partial charge in [0.25, 0.3) is 0 Å². The fraction of sp³-hybridized carbons (Fsp3) is 0.353. The molecule has 3 rings (SSSR count). The Balaban J connectivity index is 1.57. The van der Waals surface area contributed by atoms with E-state index in [2.05, 4.69) is 51.6 Å². The highest BCUT2D eigenvalue weighted by atomic mass is 16.2. The summed E-state index contributed by atoms with van der Waals surface area (Å²) in [5, 5.41) is 14.4. The molecule has 0 aliphatic rings. The van der Waals surface area contributed by atoms with E-state index in [4.69, 9.17) is 0 Å². The standard InChI is InChI=1S/C17H22N6O/c1-13(2)12-22-8-5-14-11-15(3-4-16(14)22)20-17(24)18-6-9-23-10-7-19-21-23/h3-5,7-8,10-11,13H,6,9,12H2,1-2H3,(H2,18,20,24). The van der Waals surface area contributed by atoms with Crippen molar-refractivity contribution in [2.75, 3.05) is 11.9 Å². The van der Waals surface area contributed by atoms with Crippen molar-refractivity contribution in [2.45, 2.75) is 26.9 Å². The normalized spacial score (nSPS) is 11.1. The zero-order valence-corrected chi connectivity index (χ0v) is 13.9. The summed E-state index contributed by atoms with van der Waals surface area (Å²) < 4.78 is 3.91. The van der Waals surface area contributed by atoms with Crippen LogP contribution in [0.4, 0.5) is 10.5 Å². The predicted octanol–water partition coefficient (Wildman–Crippen LogP) is 2.71. The summed E-state index contributed by atoms with van der Waals surface area (Å²) in [6.45, 7) is 6.46. The molecule has 0 atom stereocenters. The van der Waals surface area contributed by atoms with Gasteiger partial charge in [0.2, 0.25) is 0 Å². The molecule has 0 aliphatic heterocycles. The van der Waals surface area contributed by atoms with E-state index >= 15 is 0 Å². The first-order chi connectivity index (χ1) is 11.6. The Labute approximate surface area is 140 Å². The van der Waals surface area contributed by atoms with Crippen molar-refractivity contribution in [1.29, 1.82) is 0 Å². The number of benzene rings is 1. The number of urea groups is 1. The summed E-state index contributed by atoms with van der Waals surface area (Å²) in [5.41, 5.74) is 1.96. The van der Waals surface area contributed by atoms with E-state index in [1.165, 1.54) is 5.52 Å². The molecule has 0 spiro atoms. The van der Waals surface area contributed by atoms with Gasteiger partial charge in [-0.15, -0.1) is 5.10 Å². The lowest BCUT2D eigenvalue weighted by molar-refractivity contribution is 0.251. The largest absolute Gasteiger partial charge is 0.347 e. The second-order valence-corrected chi connectivity index (χ2v) is 6.18. The molecule has 2 amide bonds. The minimum atomic E-state index is -0.226. The van der Waals surface area contributed by atoms with Gasteiger partial charge >= 0.3 is 6.03 Å². The van der Waals surface area contributed by atoms with Gasteiger partial charge < -0.3 is 15.2 Å². The molecule has 0 aliphatic carbocycles. The van der Waals surface area contributed by atoms with E-state index in [0.717, 1.165) is 17.6 Å². The van der Waals surface area contributed by atoms with Gasteiger partial charge in [0, 0.05) is 42.1 Å². The number of nitrogens with zero attached hydrogens (tertiary/aromatic N) is 4. The van der Waals surface area contributed by atoms with Crippen molar-refractivity contribution < 1.29 is 4.79 Å². The molecule has 0 bridgehead atoms. The van der Waals surface area contributed by atoms with E-state index in [-0.39, 0.29) is 6.03 Å². The number of hydrogen-bond acceptors (Lipinski definition) is 3. The Morgan fingerprint density at radius 2 is 2.12 bits per heavy atom. The molecule has 126 valence electrons. The topological polar surface area (TPSA) is 76.8 Å². The molecular weight excluding hydrogens is 304 g/mol. The van der Waals surface area contributed by atoms with Crippen molar-refractivity contribution in [2.24, 2.45) is 5.92 Å². The summed E-state index contributed by atoms with van der Waals surface area (Å²) in [4.78, 5) is 12.0. The number of nitrogens with one attached hydrogen (secondary N) is 2. The van der Waals surface area contributed by atoms with Gasteiger partial charge in [0.05, 0.1) is 12.7 Å². The van der Waals surface area contributed by atoms with Gasteiger partial charge in [0.1, 0.15) is 0 Å². The van der Waals surface area contributed by atoms with Crippen LogP contribution in [0.3, 0.4) is 0 Å². The van der Waals surface area contributed by atoms with Crippen molar-refractivity contribution in [1.82, 2.24) is 24.9 Å². The lowest BCUT2D eigenvalue weighted by Gasteiger charge is -2.10. The predicted molar refractivity (Wildman–Crippen MR) is 93.8 cm³/mol. The fourth-order valence-electron chi connectivity index (χ4n) is 2.64. The average Bonchev–Trinajstić information content (AvgIpc) is 3.17. The Morgan fingerprint density at radius 1 is 1.25 bits per heavy atom. The summed E-state index contributed by atoms with van der Waals surface area (Å²) in [6, 6.07) is 7.81. The van der Waals surface area contributed by atoms with Crippen LogP contribution in [0.25, 0.3) is 10.9 Å². The van der Waals surface area contributed by atoms with Gasteiger partial charge in [-0.1, -0.05) is 19.1 Å². The van der Waals surface area contributed by atoms with Crippen LogP contribution in [0, 0.1) is 5.92 Å². The van der Waals surface area contributed by atoms with E-state index in [0.29, 0.717) is 19.0 Å². The maximum Gasteiger partial charge on any atom is 0.319 e. The maximum atomic E-state index is 12.0. The average molecular weight is 326 g/mol. The molecule has 0 unspecified atom stereocenters. The Morgan fingerprint density at radius 3 is 2.88 bits per heavy atom. The zero-order chi connectivity index (χ0) is 16.9. The van der Waals surface area contributed by atoms with Crippen molar-refractivity contribution in [3.05, 3.63) is 42.9 Å². The van der Waals surface area contributed by atoms with Crippen LogP contribution in [0.15, 0.2) is 42.9 Å². The van der Waals surface area contributed by atoms with Crippen molar-refractivity contribution >= 4 is 22.6 Å². The van der Waals surface area contributed by atoms with Gasteiger partial charge in [-0.2, -0.15) is 0 Å². The number of carbonyl (C=O) groups is 1. The van der Waals surface area contributed by atoms with Gasteiger partial charge in [-0.05, 0) is 30.2 Å². The Hall–Kier alpha value is -2.83. The summed E-state index contributed by atoms with van der Waals surface area (Å²) >= 11 is 0. The summed E-state index contributed by atoms with van der Waals surface area (Å²) in [7, 11) is 0. The molecule has 24 heavy (non-hydrogen) atoms. The highest BCUT2D eigenvalue weighted by molar-refractivity contribution is 5.92. The zero-order valence-electron chi connectivity index (χ0n) is 13.9. The molecule has 1 aromatic carbocycles. The third-order valence-corrected chi connectivity index (χ3v) is 3.69. The van der Waals surface area contributed by atoms with Crippen molar-refractivity contribution in [3.63, 3.8) is 0 Å². The number of carbonyl (C=O) groups excluding carboxylic acids is 1. The van der Waals surface area contributed by atoms with Gasteiger partial charge in [-0.25, -0.2) is 4.79 Å². The number of hydrogen-bond donors (Lipinski definition) is 2. The first kappa shape index (κ1) is 16.0. The minimum Gasteiger partial charge on any atom is -0.347 e. The Bertz CT molecular complexity index is 806. The second kappa shape index (κ2) is 7.16. The molecule has 7 nitrogen and oxygen atoms in total. The van der Waals surface area contributed by atoms with Crippen LogP contribution in [-0.4, -0.2) is 32.1 Å². The molecule has 0 saturated heterocycles. The van der Waals surface area contributed by atoms with E-state index in [1.807, 2.05) is 18.2 Å². The van der Waals surface area contributed by atoms with E-state index in [1.54, 1.807) is 17.1 Å². The molecule has 0 saturated carbocycles. The molecule has 2 heterocycles. The maximum absolute atomic E-state index is 12.0. The SMILES string of the molecule is CC(C)Cn1ccc2cc(NC(=O)NCCn3ccnn3)ccc21. The van der Waals surface area contributed by atoms with E-state index < -0.39 is 0 Å². The monoisotopic (exact) mass is 326 g/mol. The molecule has 7 heteroatoms. The van der Waals surface area contributed by atoms with Crippen LogP contribution >= 0.6 is 0 Å². The van der Waals surface area contributed by atoms with Crippen LogP contribution in [0.1, 0.15) is 13.8 Å². The highest BCUT2D eigenvalue weighted by Crippen LogP contribution is 2.21. The third kappa shape index (κ3) is 3.92. The first-order valence-electron chi connectivity index (χ1n) is 8.09. The van der Waals surface area contributed by atoms with Crippen LogP contribution in [0.5, 0.6) is 0 Å². The molecule has 0 fully saturated rings. The van der Waals surface area contributed by atoms with E-state index in [9.17, 15) is 4.79 Å². The minimum absolute atomic E-state index is 0.226. The van der Waals surface area contributed by atoms with Crippen LogP contribution < -0.4 is 10.6 Å². The molecule has 3 aromatic rings. The smallest absolute Gasteiger partial charge is 0.319 e. The fourth-order valence-corrected chi connectivity index (χ4v) is 2.64. The third-order valence-electron chi connectivity index (χ3n) is 3.69. The number of aromatic nitrogens is 4. The number of fused-ring (bicyclic) bond motifs is 1. The van der Waals surface area contributed by atoms with Crippen LogP contribution in [-0.2, 0) is 13.1 Å². The number of amides is 2. The van der Waals surface area contributed by atoms with Gasteiger partial charge in [0.15, 0.2) is 0 Å². The Kier molecular flexibility index (Phi) is 4.79. The molecule has 2 N–H and O–H groups in total. The van der Waals surface area contributed by atoms with Crippen LogP contribution in [0.2, 0.25) is 0 Å². The lowest BCUT2D eigenvalue weighted by atomic mass is 10.2. The highest BCUT2D eigenvalue weighted by Gasteiger charge is 2.06. The lowest BCUT2D eigenvalue weighted by Crippen LogP contribution is -2.31.